The summed E-state index contributed by atoms with van der Waals surface area (Å²) in [6.07, 6.45) is -0.113. The van der Waals surface area contributed by atoms with Crippen LogP contribution in [0.4, 0.5) is 5.82 Å². The van der Waals surface area contributed by atoms with Crippen molar-refractivity contribution in [3.8, 4) is 5.75 Å². The molecule has 2 aromatic heterocycles. The summed E-state index contributed by atoms with van der Waals surface area (Å²) in [5, 5.41) is 6.90. The number of carbonyl (C=O) groups is 3. The van der Waals surface area contributed by atoms with E-state index in [1.54, 1.807) is 70.2 Å². The molecule has 4 rings (SSSR count). The van der Waals surface area contributed by atoms with Gasteiger partial charge in [0.1, 0.15) is 29.2 Å². The number of hydrogen-bond donors (Lipinski definition) is 2. The quantitative estimate of drug-likeness (QED) is 0.147. The summed E-state index contributed by atoms with van der Waals surface area (Å²) < 4.78 is 50.5. The molecule has 1 saturated heterocycles. The van der Waals surface area contributed by atoms with Gasteiger partial charge in [-0.25, -0.2) is 14.1 Å². The van der Waals surface area contributed by atoms with Crippen molar-refractivity contribution in [1.82, 2.24) is 19.7 Å². The molecular weight excluding hydrogens is 609 g/mol. The standard InChI is InChI=1S/C29H38N5O10P/c1-6-23(35)42-27-28(5,16-41-45(38,33-19(4)26(37)39-8-3)44-20-12-10-9-11-13-20)40-17-29(27,43-24(36)7-2)22-15-14-21-25(30)31-18-32-34(21)22/h9-15,18-19,27H,6-8,16-17H2,1-5H3,(H,33,38)(H2,30,31,32)/t19-,27+,28+,29-,45-/m0/s1. The lowest BCUT2D eigenvalue weighted by atomic mass is 9.85. The van der Waals surface area contributed by atoms with Gasteiger partial charge in [0.15, 0.2) is 11.9 Å². The first-order chi connectivity index (χ1) is 21.4. The number of benzene rings is 1. The Balaban J connectivity index is 1.75. The Kier molecular flexibility index (Phi) is 10.5. The first kappa shape index (κ1) is 33.8. The Hall–Kier alpha value is -4.04. The Labute approximate surface area is 260 Å². The second-order valence-corrected chi connectivity index (χ2v) is 12.2. The second-order valence-electron chi connectivity index (χ2n) is 10.5. The van der Waals surface area contributed by atoms with E-state index in [4.69, 9.17) is 33.7 Å². The maximum Gasteiger partial charge on any atom is 0.459 e. The van der Waals surface area contributed by atoms with E-state index in [2.05, 4.69) is 15.2 Å². The highest BCUT2D eigenvalue weighted by Gasteiger charge is 2.64. The molecule has 1 fully saturated rings. The van der Waals surface area contributed by atoms with E-state index < -0.39 is 55.6 Å². The summed E-state index contributed by atoms with van der Waals surface area (Å²) in [4.78, 5) is 42.2. The van der Waals surface area contributed by atoms with Crippen molar-refractivity contribution < 1.29 is 46.9 Å². The number of para-hydroxylation sites is 1. The molecule has 0 aliphatic carbocycles. The van der Waals surface area contributed by atoms with Crippen molar-refractivity contribution in [2.75, 3.05) is 25.6 Å². The number of nitrogens with two attached hydrogens (primary N) is 1. The van der Waals surface area contributed by atoms with E-state index in [9.17, 15) is 18.9 Å². The minimum atomic E-state index is -4.34. The normalized spacial score (nSPS) is 23.2. The smallest absolute Gasteiger partial charge is 0.459 e. The highest BCUT2D eigenvalue weighted by molar-refractivity contribution is 7.52. The van der Waals surface area contributed by atoms with Crippen LogP contribution in [0.1, 0.15) is 53.2 Å². The molecule has 45 heavy (non-hydrogen) atoms. The molecule has 1 aliphatic heterocycles. The number of nitrogen functional groups attached to an aromatic ring is 1. The number of esters is 3. The summed E-state index contributed by atoms with van der Waals surface area (Å²) in [6.45, 7) is 7.17. The van der Waals surface area contributed by atoms with Crippen LogP contribution in [0.15, 0.2) is 48.8 Å². The van der Waals surface area contributed by atoms with Crippen LogP contribution in [0.5, 0.6) is 5.75 Å². The molecule has 15 nitrogen and oxygen atoms in total. The number of hydrogen-bond acceptors (Lipinski definition) is 13. The fraction of sp³-hybridized carbons (Fsp3) is 0.483. The monoisotopic (exact) mass is 647 g/mol. The molecule has 0 unspecified atom stereocenters. The molecule has 0 radical (unpaired) electrons. The van der Waals surface area contributed by atoms with Crippen LogP contribution in [0.3, 0.4) is 0 Å². The molecule has 244 valence electrons. The predicted octanol–water partition coefficient (Wildman–Crippen LogP) is 3.32. The zero-order valence-corrected chi connectivity index (χ0v) is 26.7. The van der Waals surface area contributed by atoms with E-state index in [1.807, 2.05) is 0 Å². The number of anilines is 1. The first-order valence-electron chi connectivity index (χ1n) is 14.5. The molecule has 3 aromatic rings. The molecule has 3 heterocycles. The Morgan fingerprint density at radius 2 is 1.84 bits per heavy atom. The van der Waals surface area contributed by atoms with E-state index in [-0.39, 0.29) is 37.6 Å². The van der Waals surface area contributed by atoms with Gasteiger partial charge in [0.05, 0.1) is 25.5 Å². The maximum atomic E-state index is 14.2. The topological polar surface area (TPSA) is 192 Å². The van der Waals surface area contributed by atoms with Crippen LogP contribution in [0.25, 0.3) is 5.52 Å². The SMILES string of the molecule is CCOC(=O)[C@H](C)N[P@](=O)(OC[C@@]1(C)OC[C@](OC(=O)CC)(c2ccc3c(N)ncnn23)[C@@H]1OC(=O)CC)Oc1ccccc1. The molecule has 16 heteroatoms. The third-order valence-electron chi connectivity index (χ3n) is 7.11. The van der Waals surface area contributed by atoms with Gasteiger partial charge in [-0.15, -0.1) is 0 Å². The number of nitrogens with zero attached hydrogens (tertiary/aromatic N) is 3. The molecule has 1 aliphatic rings. The van der Waals surface area contributed by atoms with Crippen LogP contribution in [-0.4, -0.2) is 70.1 Å². The van der Waals surface area contributed by atoms with Crippen LogP contribution in [0, 0.1) is 0 Å². The average Bonchev–Trinajstić information content (AvgIpc) is 3.58. The highest BCUT2D eigenvalue weighted by Crippen LogP contribution is 2.50. The van der Waals surface area contributed by atoms with Gasteiger partial charge in [-0.05, 0) is 45.0 Å². The third kappa shape index (κ3) is 7.28. The minimum Gasteiger partial charge on any atom is -0.465 e. The zero-order valence-electron chi connectivity index (χ0n) is 25.8. The van der Waals surface area contributed by atoms with Crippen LogP contribution >= 0.6 is 7.75 Å². The van der Waals surface area contributed by atoms with E-state index >= 15 is 0 Å². The van der Waals surface area contributed by atoms with Crippen molar-refractivity contribution in [3.05, 3.63) is 54.5 Å². The fourth-order valence-corrected chi connectivity index (χ4v) is 6.43. The van der Waals surface area contributed by atoms with Crippen LogP contribution in [0.2, 0.25) is 0 Å². The lowest BCUT2D eigenvalue weighted by Gasteiger charge is -2.38. The van der Waals surface area contributed by atoms with Crippen molar-refractivity contribution in [3.63, 3.8) is 0 Å². The summed E-state index contributed by atoms with van der Waals surface area (Å²) in [5.41, 5.74) is 3.47. The van der Waals surface area contributed by atoms with Gasteiger partial charge in [-0.2, -0.15) is 10.2 Å². The summed E-state index contributed by atoms with van der Waals surface area (Å²) >= 11 is 0. The molecule has 0 saturated carbocycles. The van der Waals surface area contributed by atoms with Gasteiger partial charge in [0.25, 0.3) is 0 Å². The molecule has 3 N–H and O–H groups in total. The molecule has 5 atom stereocenters. The van der Waals surface area contributed by atoms with E-state index in [0.717, 1.165) is 0 Å². The van der Waals surface area contributed by atoms with Crippen molar-refractivity contribution in [2.24, 2.45) is 0 Å². The van der Waals surface area contributed by atoms with Crippen LogP contribution in [-0.2, 0) is 48.0 Å². The largest absolute Gasteiger partial charge is 0.465 e. The van der Waals surface area contributed by atoms with Crippen molar-refractivity contribution in [2.45, 2.75) is 70.8 Å². The van der Waals surface area contributed by atoms with Gasteiger partial charge in [-0.1, -0.05) is 32.0 Å². The predicted molar refractivity (Wildman–Crippen MR) is 160 cm³/mol. The number of fused-ring (bicyclic) bond motifs is 1. The Morgan fingerprint density at radius 1 is 1.13 bits per heavy atom. The van der Waals surface area contributed by atoms with Crippen molar-refractivity contribution >= 4 is 37.0 Å². The zero-order chi connectivity index (χ0) is 32.8. The van der Waals surface area contributed by atoms with Gasteiger partial charge in [0.2, 0.25) is 5.60 Å². The van der Waals surface area contributed by atoms with Gasteiger partial charge >= 0.3 is 25.7 Å². The molecule has 0 amide bonds. The highest BCUT2D eigenvalue weighted by atomic mass is 31.2. The Morgan fingerprint density at radius 3 is 2.51 bits per heavy atom. The Bertz CT molecular complexity index is 1570. The van der Waals surface area contributed by atoms with Gasteiger partial charge in [0, 0.05) is 12.8 Å². The molecule has 1 aromatic carbocycles. The molecular formula is C29H38N5O10P. The fourth-order valence-electron chi connectivity index (χ4n) is 4.84. The third-order valence-corrected chi connectivity index (χ3v) is 8.74. The number of ether oxygens (including phenoxy) is 4. The average molecular weight is 648 g/mol. The molecule has 0 spiro atoms. The number of rotatable bonds is 14. The van der Waals surface area contributed by atoms with Gasteiger partial charge in [-0.3, -0.25) is 18.9 Å². The number of carbonyl (C=O) groups excluding carboxylic acids is 3. The lowest BCUT2D eigenvalue weighted by Crippen LogP contribution is -2.54. The number of aromatic nitrogens is 3. The van der Waals surface area contributed by atoms with E-state index in [0.29, 0.717) is 11.2 Å². The number of nitrogens with one attached hydrogen (secondary N) is 1. The minimum absolute atomic E-state index is 0.000372. The maximum absolute atomic E-state index is 14.2. The van der Waals surface area contributed by atoms with Crippen LogP contribution < -0.4 is 15.3 Å². The lowest BCUT2D eigenvalue weighted by molar-refractivity contribution is -0.189. The summed E-state index contributed by atoms with van der Waals surface area (Å²) in [5.74, 6) is -1.55. The second kappa shape index (κ2) is 13.9. The first-order valence-corrected chi connectivity index (χ1v) is 16.0. The van der Waals surface area contributed by atoms with Gasteiger partial charge < -0.3 is 29.2 Å². The molecule has 0 bridgehead atoms. The van der Waals surface area contributed by atoms with E-state index in [1.165, 1.54) is 17.8 Å². The summed E-state index contributed by atoms with van der Waals surface area (Å²) in [6, 6.07) is 10.4. The summed E-state index contributed by atoms with van der Waals surface area (Å²) in [7, 11) is -4.34. The van der Waals surface area contributed by atoms with Crippen molar-refractivity contribution in [1.29, 1.82) is 0 Å².